The lowest BCUT2D eigenvalue weighted by molar-refractivity contribution is -0.122. The Morgan fingerprint density at radius 3 is 2.64 bits per heavy atom. The van der Waals surface area contributed by atoms with Gasteiger partial charge in [-0.15, -0.1) is 0 Å². The Morgan fingerprint density at radius 1 is 1.27 bits per heavy atom. The number of carbonyl (C=O) groups excluding carboxylic acids is 1. The Hall–Kier alpha value is -1.83. The van der Waals surface area contributed by atoms with Crippen LogP contribution in [0, 0.1) is 3.57 Å². The van der Waals surface area contributed by atoms with Crippen molar-refractivity contribution < 1.29 is 4.79 Å². The summed E-state index contributed by atoms with van der Waals surface area (Å²) in [6.07, 6.45) is 6.73. The number of hydrogen-bond acceptors (Lipinski definition) is 3. The van der Waals surface area contributed by atoms with E-state index < -0.39 is 0 Å². The Kier molecular flexibility index (Phi) is 3.94. The molecule has 1 atom stereocenters. The third-order valence-electron chi connectivity index (χ3n) is 3.87. The first kappa shape index (κ1) is 15.1. The lowest BCUT2D eigenvalue weighted by atomic mass is 9.92. The summed E-state index contributed by atoms with van der Waals surface area (Å²) >= 11 is 2.21. The molecule has 22 heavy (non-hydrogen) atoms. The highest BCUT2D eigenvalue weighted by atomic mass is 127. The summed E-state index contributed by atoms with van der Waals surface area (Å²) in [5.41, 5.74) is 0.871. The number of aromatic nitrogens is 2. The normalized spacial score (nSPS) is 18.4. The van der Waals surface area contributed by atoms with E-state index in [1.807, 2.05) is 30.6 Å². The molecule has 1 N–H and O–H groups in total. The van der Waals surface area contributed by atoms with Gasteiger partial charge in [0.2, 0.25) is 12.2 Å². The van der Waals surface area contributed by atoms with Crippen molar-refractivity contribution in [3.05, 3.63) is 64.1 Å². The van der Waals surface area contributed by atoms with Crippen LogP contribution in [-0.2, 0) is 10.3 Å². The minimum Gasteiger partial charge on any atom is -0.330 e. The van der Waals surface area contributed by atoms with Gasteiger partial charge >= 0.3 is 0 Å². The average Bonchev–Trinajstić information content (AvgIpc) is 2.94. The van der Waals surface area contributed by atoms with E-state index in [0.717, 1.165) is 3.57 Å². The Labute approximate surface area is 143 Å². The molecule has 0 saturated heterocycles. The number of carbonyl (C=O) groups is 1. The van der Waals surface area contributed by atoms with Crippen molar-refractivity contribution in [1.29, 1.82) is 0 Å². The first-order valence-electron chi connectivity index (χ1n) is 7.01. The number of amides is 1. The zero-order valence-electron chi connectivity index (χ0n) is 12.4. The average molecular weight is 408 g/mol. The zero-order chi connectivity index (χ0) is 15.7. The molecule has 1 amide bonds. The zero-order valence-corrected chi connectivity index (χ0v) is 14.6. The fraction of sp³-hybridized carbons (Fsp3) is 0.250. The van der Waals surface area contributed by atoms with Crippen LogP contribution in [0.15, 0.2) is 55.0 Å². The van der Waals surface area contributed by atoms with Gasteiger partial charge < -0.3 is 10.2 Å². The summed E-state index contributed by atoms with van der Waals surface area (Å²) in [4.78, 5) is 13.9. The molecule has 0 fully saturated rings. The highest BCUT2D eigenvalue weighted by molar-refractivity contribution is 14.1. The molecule has 1 aromatic heterocycles. The van der Waals surface area contributed by atoms with E-state index >= 15 is 0 Å². The number of hydrogen-bond donors (Lipinski definition) is 1. The lowest BCUT2D eigenvalue weighted by Crippen LogP contribution is -2.52. The predicted octanol–water partition coefficient (Wildman–Crippen LogP) is 2.82. The highest BCUT2D eigenvalue weighted by Gasteiger charge is 2.35. The largest absolute Gasteiger partial charge is 0.330 e. The quantitative estimate of drug-likeness (QED) is 0.795. The van der Waals surface area contributed by atoms with Gasteiger partial charge in [-0.05, 0) is 42.0 Å². The van der Waals surface area contributed by atoms with Crippen molar-refractivity contribution in [2.24, 2.45) is 0 Å². The van der Waals surface area contributed by atoms with Gasteiger partial charge in [-0.3, -0.25) is 4.79 Å². The second-order valence-corrected chi connectivity index (χ2v) is 6.91. The van der Waals surface area contributed by atoms with Crippen LogP contribution in [0.1, 0.15) is 25.7 Å². The summed E-state index contributed by atoms with van der Waals surface area (Å²) in [6.45, 7) is 4.26. The van der Waals surface area contributed by atoms with E-state index in [-0.39, 0.29) is 17.7 Å². The van der Waals surface area contributed by atoms with Crippen LogP contribution in [0.4, 0.5) is 0 Å². The van der Waals surface area contributed by atoms with Crippen molar-refractivity contribution in [1.82, 2.24) is 20.0 Å². The third kappa shape index (κ3) is 2.75. The first-order chi connectivity index (χ1) is 10.5. The number of rotatable bonds is 3. The molecule has 1 aromatic carbocycles. The second-order valence-electron chi connectivity index (χ2n) is 5.67. The van der Waals surface area contributed by atoms with Gasteiger partial charge in [0.15, 0.2) is 0 Å². The minimum atomic E-state index is -0.351. The topological polar surface area (TPSA) is 50.2 Å². The van der Waals surface area contributed by atoms with E-state index in [0.29, 0.717) is 0 Å². The van der Waals surface area contributed by atoms with Crippen LogP contribution < -0.4 is 5.32 Å². The van der Waals surface area contributed by atoms with Gasteiger partial charge in [-0.2, -0.15) is 5.10 Å². The van der Waals surface area contributed by atoms with Gasteiger partial charge in [0.1, 0.15) is 0 Å². The Bertz CT molecular complexity index is 708. The molecule has 1 aliphatic rings. The second kappa shape index (κ2) is 5.75. The molecule has 0 spiro atoms. The van der Waals surface area contributed by atoms with Gasteiger partial charge in [-0.1, -0.05) is 30.3 Å². The molecule has 2 aromatic rings. The molecule has 0 aliphatic carbocycles. The number of nitrogens with zero attached hydrogens (tertiary/aromatic N) is 3. The van der Waals surface area contributed by atoms with E-state index in [4.69, 9.17) is 0 Å². The fourth-order valence-corrected chi connectivity index (χ4v) is 3.01. The van der Waals surface area contributed by atoms with E-state index in [2.05, 4.69) is 63.9 Å². The van der Waals surface area contributed by atoms with Gasteiger partial charge in [0.25, 0.3) is 0 Å². The van der Waals surface area contributed by atoms with E-state index in [9.17, 15) is 4.79 Å². The molecule has 1 aliphatic heterocycles. The molecule has 3 rings (SSSR count). The van der Waals surface area contributed by atoms with Crippen molar-refractivity contribution in [2.75, 3.05) is 0 Å². The first-order valence-corrected chi connectivity index (χ1v) is 8.09. The van der Waals surface area contributed by atoms with Crippen LogP contribution >= 0.6 is 22.6 Å². The SMILES string of the molecule is CC(C)(c1ccccc1)N1C=CC(=O)NC1n1cc(I)cn1. The predicted molar refractivity (Wildman–Crippen MR) is 92.6 cm³/mol. The van der Waals surface area contributed by atoms with Crippen molar-refractivity contribution in [3.63, 3.8) is 0 Å². The molecule has 0 bridgehead atoms. The summed E-state index contributed by atoms with van der Waals surface area (Å²) in [5.74, 6) is -0.115. The van der Waals surface area contributed by atoms with Gasteiger partial charge in [-0.25, -0.2) is 4.68 Å². The minimum absolute atomic E-state index is 0.115. The van der Waals surface area contributed by atoms with Crippen molar-refractivity contribution >= 4 is 28.5 Å². The molecule has 6 heteroatoms. The molecule has 5 nitrogen and oxygen atoms in total. The van der Waals surface area contributed by atoms with Crippen LogP contribution in [-0.4, -0.2) is 20.6 Å². The van der Waals surface area contributed by atoms with Crippen LogP contribution in [0.3, 0.4) is 0 Å². The van der Waals surface area contributed by atoms with Crippen LogP contribution in [0.25, 0.3) is 0 Å². The van der Waals surface area contributed by atoms with E-state index in [1.54, 1.807) is 17.0 Å². The van der Waals surface area contributed by atoms with E-state index in [1.165, 1.54) is 5.56 Å². The van der Waals surface area contributed by atoms with Crippen LogP contribution in [0.2, 0.25) is 0 Å². The number of nitrogens with one attached hydrogen (secondary N) is 1. The third-order valence-corrected chi connectivity index (χ3v) is 4.42. The Balaban J connectivity index is 2.02. The number of benzene rings is 1. The molecule has 114 valence electrons. The maximum absolute atomic E-state index is 11.8. The molecule has 0 radical (unpaired) electrons. The van der Waals surface area contributed by atoms with Crippen molar-refractivity contribution in [3.8, 4) is 0 Å². The number of halogens is 1. The summed E-state index contributed by atoms with van der Waals surface area (Å²) in [7, 11) is 0. The smallest absolute Gasteiger partial charge is 0.248 e. The summed E-state index contributed by atoms with van der Waals surface area (Å²) in [6, 6.07) is 10.2. The fourth-order valence-electron chi connectivity index (χ4n) is 2.60. The Morgan fingerprint density at radius 2 is 2.00 bits per heavy atom. The molecular weight excluding hydrogens is 391 g/mol. The molecule has 0 saturated carbocycles. The van der Waals surface area contributed by atoms with Crippen molar-refractivity contribution in [2.45, 2.75) is 25.7 Å². The summed E-state index contributed by atoms with van der Waals surface area (Å²) < 4.78 is 2.80. The van der Waals surface area contributed by atoms with Gasteiger partial charge in [0, 0.05) is 18.5 Å². The standard InChI is InChI=1S/C16H17IN4O/c1-16(2,12-6-4-3-5-7-12)20-9-8-14(22)19-15(20)21-11-13(17)10-18-21/h3-11,15H,1-2H3,(H,19,22). The molecule has 2 heterocycles. The lowest BCUT2D eigenvalue weighted by Gasteiger charge is -2.45. The van der Waals surface area contributed by atoms with Gasteiger partial charge in [0.05, 0.1) is 15.3 Å². The highest BCUT2D eigenvalue weighted by Crippen LogP contribution is 2.33. The molecule has 1 unspecified atom stereocenters. The monoisotopic (exact) mass is 408 g/mol. The maximum Gasteiger partial charge on any atom is 0.248 e. The summed E-state index contributed by atoms with van der Waals surface area (Å²) in [5, 5.41) is 7.32. The van der Waals surface area contributed by atoms with Crippen LogP contribution in [0.5, 0.6) is 0 Å². The maximum atomic E-state index is 11.8. The molecular formula is C16H17IN4O.